The van der Waals surface area contributed by atoms with Crippen molar-refractivity contribution in [2.75, 3.05) is 0 Å². The van der Waals surface area contributed by atoms with Crippen molar-refractivity contribution in [1.29, 1.82) is 0 Å². The summed E-state index contributed by atoms with van der Waals surface area (Å²) in [5.74, 6) is -1.56. The molecule has 6 nitrogen and oxygen atoms in total. The molecule has 0 N–H and O–H groups in total. The van der Waals surface area contributed by atoms with Gasteiger partial charge in [-0.05, 0) is 50.8 Å². The average Bonchev–Trinajstić information content (AvgIpc) is 3.04. The molecule has 0 unspecified atom stereocenters. The van der Waals surface area contributed by atoms with E-state index in [1.54, 1.807) is 20.8 Å². The summed E-state index contributed by atoms with van der Waals surface area (Å²) in [4.78, 5) is 39.7. The molecule has 1 saturated heterocycles. The van der Waals surface area contributed by atoms with Gasteiger partial charge in [-0.15, -0.1) is 0 Å². The highest BCUT2D eigenvalue weighted by Gasteiger charge is 2.48. The highest BCUT2D eigenvalue weighted by Crippen LogP contribution is 2.32. The largest absolute Gasteiger partial charge is 0.459 e. The SMILES string of the molecule is CC(C)(C)OC(=O)N1C(=O)[C@@H](Cc2ccccc2Br)C[C@@H]1C(=O)OCc1ccccc1. The van der Waals surface area contributed by atoms with Gasteiger partial charge in [0.1, 0.15) is 18.2 Å². The van der Waals surface area contributed by atoms with E-state index in [0.29, 0.717) is 6.42 Å². The number of amides is 2. The Morgan fingerprint density at radius 2 is 1.71 bits per heavy atom. The van der Waals surface area contributed by atoms with Gasteiger partial charge in [0.2, 0.25) is 5.91 Å². The van der Waals surface area contributed by atoms with Crippen molar-refractivity contribution >= 4 is 33.9 Å². The van der Waals surface area contributed by atoms with Gasteiger partial charge in [-0.25, -0.2) is 14.5 Å². The van der Waals surface area contributed by atoms with Crippen LogP contribution in [0.25, 0.3) is 0 Å². The Balaban J connectivity index is 1.79. The lowest BCUT2D eigenvalue weighted by Gasteiger charge is -2.26. The van der Waals surface area contributed by atoms with Gasteiger partial charge in [-0.1, -0.05) is 64.5 Å². The number of ether oxygens (including phenoxy) is 2. The standard InChI is InChI=1S/C24H26BrNO5/c1-24(2,3)31-23(29)26-20(22(28)30-15-16-9-5-4-6-10-16)14-18(21(26)27)13-17-11-7-8-12-19(17)25/h4-12,18,20H,13-15H2,1-3H3/t18-,20+/m0/s1. The number of benzene rings is 2. The van der Waals surface area contributed by atoms with Gasteiger partial charge in [-0.3, -0.25) is 4.79 Å². The lowest BCUT2D eigenvalue weighted by Crippen LogP contribution is -2.46. The van der Waals surface area contributed by atoms with Crippen LogP contribution >= 0.6 is 15.9 Å². The molecule has 7 heteroatoms. The Bertz CT molecular complexity index is 954. The number of hydrogen-bond donors (Lipinski definition) is 0. The molecule has 1 aliphatic heterocycles. The quantitative estimate of drug-likeness (QED) is 0.561. The normalized spacial score (nSPS) is 18.7. The first-order valence-corrected chi connectivity index (χ1v) is 10.9. The second-order valence-corrected chi connectivity index (χ2v) is 9.38. The van der Waals surface area contributed by atoms with Crippen molar-refractivity contribution in [1.82, 2.24) is 4.90 Å². The maximum atomic E-state index is 13.1. The molecule has 2 aromatic carbocycles. The summed E-state index contributed by atoms with van der Waals surface area (Å²) < 4.78 is 11.7. The molecular weight excluding hydrogens is 462 g/mol. The van der Waals surface area contributed by atoms with Crippen LogP contribution in [0, 0.1) is 5.92 Å². The number of imide groups is 1. The van der Waals surface area contributed by atoms with E-state index in [4.69, 9.17) is 9.47 Å². The van der Waals surface area contributed by atoms with E-state index in [2.05, 4.69) is 15.9 Å². The van der Waals surface area contributed by atoms with Gasteiger partial charge in [0.25, 0.3) is 0 Å². The molecule has 0 aliphatic carbocycles. The number of esters is 1. The predicted molar refractivity (Wildman–Crippen MR) is 119 cm³/mol. The fourth-order valence-electron chi connectivity index (χ4n) is 3.48. The number of halogens is 1. The van der Waals surface area contributed by atoms with E-state index >= 15 is 0 Å². The van der Waals surface area contributed by atoms with E-state index in [-0.39, 0.29) is 13.0 Å². The monoisotopic (exact) mass is 487 g/mol. The summed E-state index contributed by atoms with van der Waals surface area (Å²) in [6.07, 6.45) is -0.233. The van der Waals surface area contributed by atoms with Crippen LogP contribution in [0.15, 0.2) is 59.1 Å². The molecule has 0 spiro atoms. The second kappa shape index (κ2) is 9.64. The molecule has 0 bridgehead atoms. The zero-order chi connectivity index (χ0) is 22.6. The summed E-state index contributed by atoms with van der Waals surface area (Å²) in [7, 11) is 0. The minimum atomic E-state index is -1.02. The topological polar surface area (TPSA) is 72.9 Å². The van der Waals surface area contributed by atoms with Crippen LogP contribution in [0.2, 0.25) is 0 Å². The molecular formula is C24H26BrNO5. The number of likely N-dealkylation sites (tertiary alicyclic amines) is 1. The summed E-state index contributed by atoms with van der Waals surface area (Å²) in [5.41, 5.74) is 0.966. The Morgan fingerprint density at radius 1 is 1.06 bits per heavy atom. The van der Waals surface area contributed by atoms with E-state index in [9.17, 15) is 14.4 Å². The molecule has 3 rings (SSSR count). The van der Waals surface area contributed by atoms with Crippen molar-refractivity contribution in [2.45, 2.75) is 51.9 Å². The van der Waals surface area contributed by atoms with Crippen LogP contribution in [0.4, 0.5) is 4.79 Å². The van der Waals surface area contributed by atoms with Gasteiger partial charge in [0.05, 0.1) is 0 Å². The molecule has 31 heavy (non-hydrogen) atoms. The Morgan fingerprint density at radius 3 is 2.35 bits per heavy atom. The first kappa shape index (κ1) is 23.0. The highest BCUT2D eigenvalue weighted by atomic mass is 79.9. The first-order chi connectivity index (χ1) is 14.7. The maximum Gasteiger partial charge on any atom is 0.417 e. The highest BCUT2D eigenvalue weighted by molar-refractivity contribution is 9.10. The summed E-state index contributed by atoms with van der Waals surface area (Å²) >= 11 is 3.49. The molecule has 1 aliphatic rings. The smallest absolute Gasteiger partial charge is 0.417 e. The summed E-state index contributed by atoms with van der Waals surface area (Å²) in [5, 5.41) is 0. The van der Waals surface area contributed by atoms with E-state index in [1.165, 1.54) is 0 Å². The van der Waals surface area contributed by atoms with E-state index in [0.717, 1.165) is 20.5 Å². The summed E-state index contributed by atoms with van der Waals surface area (Å²) in [6, 6.07) is 15.8. The maximum absolute atomic E-state index is 13.1. The van der Waals surface area contributed by atoms with E-state index < -0.39 is 35.5 Å². The third kappa shape index (κ3) is 5.94. The number of nitrogens with zero attached hydrogens (tertiary/aromatic N) is 1. The van der Waals surface area contributed by atoms with Crippen molar-refractivity contribution in [3.8, 4) is 0 Å². The minimum Gasteiger partial charge on any atom is -0.459 e. The lowest BCUT2D eigenvalue weighted by atomic mass is 9.96. The van der Waals surface area contributed by atoms with Crippen molar-refractivity contribution in [3.05, 3.63) is 70.2 Å². The van der Waals surface area contributed by atoms with Gasteiger partial charge in [0.15, 0.2) is 0 Å². The van der Waals surface area contributed by atoms with Crippen LogP contribution < -0.4 is 0 Å². The molecule has 0 aromatic heterocycles. The molecule has 164 valence electrons. The van der Waals surface area contributed by atoms with Gasteiger partial charge >= 0.3 is 12.1 Å². The van der Waals surface area contributed by atoms with E-state index in [1.807, 2.05) is 54.6 Å². The van der Waals surface area contributed by atoms with Gasteiger partial charge in [0, 0.05) is 10.4 Å². The van der Waals surface area contributed by atoms with Crippen LogP contribution in [0.1, 0.15) is 38.3 Å². The predicted octanol–water partition coefficient (Wildman–Crippen LogP) is 4.89. The number of hydrogen-bond acceptors (Lipinski definition) is 5. The number of carbonyl (C=O) groups excluding carboxylic acids is 3. The van der Waals surface area contributed by atoms with Crippen LogP contribution in [0.5, 0.6) is 0 Å². The third-order valence-corrected chi connectivity index (χ3v) is 5.69. The zero-order valence-electron chi connectivity index (χ0n) is 17.8. The number of rotatable bonds is 5. The van der Waals surface area contributed by atoms with Gasteiger partial charge < -0.3 is 9.47 Å². The van der Waals surface area contributed by atoms with Crippen LogP contribution in [-0.4, -0.2) is 34.5 Å². The number of carbonyl (C=O) groups is 3. The molecule has 0 saturated carbocycles. The molecule has 1 heterocycles. The molecule has 1 fully saturated rings. The minimum absolute atomic E-state index is 0.0709. The fourth-order valence-corrected chi connectivity index (χ4v) is 3.93. The second-order valence-electron chi connectivity index (χ2n) is 8.53. The Kier molecular flexibility index (Phi) is 7.15. The molecule has 0 radical (unpaired) electrons. The van der Waals surface area contributed by atoms with Gasteiger partial charge in [-0.2, -0.15) is 0 Å². The van der Waals surface area contributed by atoms with Crippen LogP contribution in [0.3, 0.4) is 0 Å². The summed E-state index contributed by atoms with van der Waals surface area (Å²) in [6.45, 7) is 5.22. The lowest BCUT2D eigenvalue weighted by molar-refractivity contribution is -0.152. The Hall–Kier alpha value is -2.67. The van der Waals surface area contributed by atoms with Crippen molar-refractivity contribution in [2.24, 2.45) is 5.92 Å². The fraction of sp³-hybridized carbons (Fsp3) is 0.375. The zero-order valence-corrected chi connectivity index (χ0v) is 19.4. The third-order valence-electron chi connectivity index (χ3n) is 4.92. The van der Waals surface area contributed by atoms with Crippen molar-refractivity contribution < 1.29 is 23.9 Å². The molecule has 2 aromatic rings. The van der Waals surface area contributed by atoms with Crippen LogP contribution in [-0.2, 0) is 32.1 Å². The first-order valence-electron chi connectivity index (χ1n) is 10.2. The Labute approximate surface area is 190 Å². The van der Waals surface area contributed by atoms with Crippen molar-refractivity contribution in [3.63, 3.8) is 0 Å². The molecule has 2 amide bonds. The molecule has 2 atom stereocenters. The average molecular weight is 488 g/mol.